The SMILES string of the molecule is Cc1nc(Cl)cc(CS)n1. The van der Waals surface area contributed by atoms with Crippen LogP contribution in [0, 0.1) is 6.92 Å². The molecule has 1 aromatic heterocycles. The fourth-order valence-corrected chi connectivity index (χ4v) is 1.08. The summed E-state index contributed by atoms with van der Waals surface area (Å²) < 4.78 is 0. The summed E-state index contributed by atoms with van der Waals surface area (Å²) in [5.74, 6) is 1.29. The van der Waals surface area contributed by atoms with Gasteiger partial charge in [0.25, 0.3) is 0 Å². The van der Waals surface area contributed by atoms with E-state index in [0.29, 0.717) is 16.7 Å². The number of aryl methyl sites for hydroxylation is 1. The van der Waals surface area contributed by atoms with E-state index < -0.39 is 0 Å². The van der Waals surface area contributed by atoms with Crippen molar-refractivity contribution in [3.05, 3.63) is 22.7 Å². The highest BCUT2D eigenvalue weighted by Crippen LogP contribution is 2.07. The van der Waals surface area contributed by atoms with Gasteiger partial charge in [0.1, 0.15) is 11.0 Å². The van der Waals surface area contributed by atoms with Crippen LogP contribution in [0.3, 0.4) is 0 Å². The third-order valence-electron chi connectivity index (χ3n) is 1.02. The van der Waals surface area contributed by atoms with Crippen LogP contribution in [0.1, 0.15) is 11.5 Å². The molecule has 0 atom stereocenters. The van der Waals surface area contributed by atoms with E-state index in [1.54, 1.807) is 13.0 Å². The van der Waals surface area contributed by atoms with E-state index in [1.165, 1.54) is 0 Å². The Labute approximate surface area is 70.1 Å². The molecule has 0 saturated heterocycles. The van der Waals surface area contributed by atoms with Crippen LogP contribution >= 0.6 is 24.2 Å². The smallest absolute Gasteiger partial charge is 0.133 e. The zero-order valence-electron chi connectivity index (χ0n) is 5.50. The van der Waals surface area contributed by atoms with Crippen LogP contribution < -0.4 is 0 Å². The minimum atomic E-state index is 0.483. The van der Waals surface area contributed by atoms with Crippen molar-refractivity contribution in [1.29, 1.82) is 0 Å². The lowest BCUT2D eigenvalue weighted by Crippen LogP contribution is -1.92. The molecule has 0 aliphatic heterocycles. The van der Waals surface area contributed by atoms with Crippen molar-refractivity contribution < 1.29 is 0 Å². The molecular formula is C6H7ClN2S. The Morgan fingerprint density at radius 2 is 2.30 bits per heavy atom. The molecule has 2 nitrogen and oxygen atoms in total. The lowest BCUT2D eigenvalue weighted by atomic mass is 10.4. The predicted molar refractivity (Wildman–Crippen MR) is 44.5 cm³/mol. The third-order valence-corrected chi connectivity index (χ3v) is 1.54. The molecule has 0 saturated carbocycles. The molecule has 0 aromatic carbocycles. The Morgan fingerprint density at radius 1 is 1.60 bits per heavy atom. The molecule has 0 aliphatic carbocycles. The molecule has 0 spiro atoms. The van der Waals surface area contributed by atoms with Crippen LogP contribution in [-0.2, 0) is 5.75 Å². The minimum absolute atomic E-state index is 0.483. The van der Waals surface area contributed by atoms with Gasteiger partial charge in [-0.1, -0.05) is 11.6 Å². The summed E-state index contributed by atoms with van der Waals surface area (Å²) in [5, 5.41) is 0.483. The number of thiol groups is 1. The summed E-state index contributed by atoms with van der Waals surface area (Å²) in [6, 6.07) is 1.71. The molecule has 0 N–H and O–H groups in total. The van der Waals surface area contributed by atoms with Gasteiger partial charge < -0.3 is 0 Å². The molecule has 1 aromatic rings. The van der Waals surface area contributed by atoms with Gasteiger partial charge in [0.15, 0.2) is 0 Å². The van der Waals surface area contributed by atoms with Crippen molar-refractivity contribution in [2.75, 3.05) is 0 Å². The maximum absolute atomic E-state index is 5.64. The Kier molecular flexibility index (Phi) is 2.51. The Hall–Kier alpha value is -0.280. The van der Waals surface area contributed by atoms with Crippen molar-refractivity contribution in [1.82, 2.24) is 9.97 Å². The summed E-state index contributed by atoms with van der Waals surface area (Å²) in [6.45, 7) is 1.80. The maximum atomic E-state index is 5.64. The van der Waals surface area contributed by atoms with Gasteiger partial charge in [-0.2, -0.15) is 12.6 Å². The van der Waals surface area contributed by atoms with Crippen LogP contribution in [0.4, 0.5) is 0 Å². The number of halogens is 1. The topological polar surface area (TPSA) is 25.8 Å². The monoisotopic (exact) mass is 174 g/mol. The normalized spacial score (nSPS) is 9.90. The molecule has 0 amide bonds. The zero-order valence-corrected chi connectivity index (χ0v) is 7.15. The van der Waals surface area contributed by atoms with Gasteiger partial charge in [-0.3, -0.25) is 0 Å². The first kappa shape index (κ1) is 7.82. The van der Waals surface area contributed by atoms with Gasteiger partial charge in [-0.25, -0.2) is 9.97 Å². The van der Waals surface area contributed by atoms with Crippen LogP contribution in [0.2, 0.25) is 5.15 Å². The van der Waals surface area contributed by atoms with Gasteiger partial charge in [0, 0.05) is 5.75 Å². The first-order valence-corrected chi connectivity index (χ1v) is 3.84. The van der Waals surface area contributed by atoms with E-state index in [0.717, 1.165) is 5.69 Å². The molecule has 4 heteroatoms. The predicted octanol–water partition coefficient (Wildman–Crippen LogP) is 1.87. The highest BCUT2D eigenvalue weighted by molar-refractivity contribution is 7.79. The molecule has 54 valence electrons. The summed E-state index contributed by atoms with van der Waals surface area (Å²) in [6.07, 6.45) is 0. The maximum Gasteiger partial charge on any atom is 0.133 e. The Bertz CT molecular complexity index is 219. The van der Waals surface area contributed by atoms with Gasteiger partial charge in [0.05, 0.1) is 5.69 Å². The number of hydrogen-bond donors (Lipinski definition) is 1. The lowest BCUT2D eigenvalue weighted by molar-refractivity contribution is 1.00. The number of nitrogens with zero attached hydrogens (tertiary/aromatic N) is 2. The van der Waals surface area contributed by atoms with E-state index in [-0.39, 0.29) is 0 Å². The van der Waals surface area contributed by atoms with Gasteiger partial charge >= 0.3 is 0 Å². The summed E-state index contributed by atoms with van der Waals surface area (Å²) >= 11 is 9.70. The average molecular weight is 175 g/mol. The van der Waals surface area contributed by atoms with Crippen molar-refractivity contribution >= 4 is 24.2 Å². The van der Waals surface area contributed by atoms with Crippen LogP contribution in [0.25, 0.3) is 0 Å². The van der Waals surface area contributed by atoms with E-state index in [9.17, 15) is 0 Å². The van der Waals surface area contributed by atoms with Gasteiger partial charge in [-0.15, -0.1) is 0 Å². The van der Waals surface area contributed by atoms with Crippen molar-refractivity contribution in [2.24, 2.45) is 0 Å². The molecular weight excluding hydrogens is 168 g/mol. The van der Waals surface area contributed by atoms with Crippen LogP contribution in [-0.4, -0.2) is 9.97 Å². The molecule has 1 rings (SSSR count). The van der Waals surface area contributed by atoms with Crippen molar-refractivity contribution in [2.45, 2.75) is 12.7 Å². The first-order chi connectivity index (χ1) is 4.72. The van der Waals surface area contributed by atoms with E-state index in [2.05, 4.69) is 22.6 Å². The standard InChI is InChI=1S/C6H7ClN2S/c1-4-8-5(3-10)2-6(7)9-4/h2,10H,3H2,1H3. The summed E-state index contributed by atoms with van der Waals surface area (Å²) in [7, 11) is 0. The van der Waals surface area contributed by atoms with Crippen molar-refractivity contribution in [3.63, 3.8) is 0 Å². The van der Waals surface area contributed by atoms with Crippen molar-refractivity contribution in [3.8, 4) is 0 Å². The van der Waals surface area contributed by atoms with E-state index in [1.807, 2.05) is 0 Å². The van der Waals surface area contributed by atoms with Gasteiger partial charge in [-0.05, 0) is 13.0 Å². The Balaban J connectivity index is 3.06. The zero-order chi connectivity index (χ0) is 7.56. The fourth-order valence-electron chi connectivity index (χ4n) is 0.670. The molecule has 10 heavy (non-hydrogen) atoms. The number of rotatable bonds is 1. The quantitative estimate of drug-likeness (QED) is 0.520. The van der Waals surface area contributed by atoms with E-state index >= 15 is 0 Å². The first-order valence-electron chi connectivity index (χ1n) is 2.83. The Morgan fingerprint density at radius 3 is 2.80 bits per heavy atom. The van der Waals surface area contributed by atoms with E-state index in [4.69, 9.17) is 11.6 Å². The molecule has 0 unspecified atom stereocenters. The third kappa shape index (κ3) is 1.85. The largest absolute Gasteiger partial charge is 0.237 e. The molecule has 1 heterocycles. The van der Waals surface area contributed by atoms with Gasteiger partial charge in [0.2, 0.25) is 0 Å². The highest BCUT2D eigenvalue weighted by atomic mass is 35.5. The summed E-state index contributed by atoms with van der Waals surface area (Å²) in [4.78, 5) is 7.98. The molecule has 0 aliphatic rings. The second-order valence-electron chi connectivity index (χ2n) is 1.89. The van der Waals surface area contributed by atoms with Crippen LogP contribution in [0.5, 0.6) is 0 Å². The second-order valence-corrected chi connectivity index (χ2v) is 2.59. The van der Waals surface area contributed by atoms with Crippen LogP contribution in [0.15, 0.2) is 6.07 Å². The number of aromatic nitrogens is 2. The lowest BCUT2D eigenvalue weighted by Gasteiger charge is -1.96. The minimum Gasteiger partial charge on any atom is -0.237 e. The number of hydrogen-bond acceptors (Lipinski definition) is 3. The average Bonchev–Trinajstić information content (AvgIpc) is 1.85. The molecule has 0 bridgehead atoms. The fraction of sp³-hybridized carbons (Fsp3) is 0.333. The molecule has 0 fully saturated rings. The highest BCUT2D eigenvalue weighted by Gasteiger charge is 1.96. The second kappa shape index (κ2) is 3.21. The summed E-state index contributed by atoms with van der Waals surface area (Å²) in [5.41, 5.74) is 0.862. The molecule has 0 radical (unpaired) electrons.